The molecule has 1 unspecified atom stereocenters. The van der Waals surface area contributed by atoms with Gasteiger partial charge in [0, 0.05) is 30.4 Å². The smallest absolute Gasteiger partial charge is 0.371 e. The molecule has 5 rings (SSSR count). The van der Waals surface area contributed by atoms with Crippen LogP contribution in [-0.2, 0) is 11.2 Å². The average molecular weight is 564 g/mol. The second-order valence-electron chi connectivity index (χ2n) is 10.9. The zero-order valence-corrected chi connectivity index (χ0v) is 23.3. The summed E-state index contributed by atoms with van der Waals surface area (Å²) in [6.45, 7) is 2.25. The molecule has 0 spiro atoms. The van der Waals surface area contributed by atoms with Crippen LogP contribution in [-0.4, -0.2) is 43.7 Å². The maximum absolute atomic E-state index is 13.4. The number of carbonyl (C=O) groups is 2. The number of anilines is 1. The first-order chi connectivity index (χ1) is 19.8. The Kier molecular flexibility index (Phi) is 8.66. The van der Waals surface area contributed by atoms with Crippen molar-refractivity contribution in [3.63, 3.8) is 0 Å². The highest BCUT2D eigenvalue weighted by Crippen LogP contribution is 2.49. The van der Waals surface area contributed by atoms with E-state index in [1.165, 1.54) is 0 Å². The van der Waals surface area contributed by atoms with Gasteiger partial charge >= 0.3 is 6.18 Å². The molecule has 0 aromatic heterocycles. The number of hydrogen-bond acceptors (Lipinski definition) is 3. The fourth-order valence-corrected chi connectivity index (χ4v) is 6.16. The Bertz CT molecular complexity index is 1380. The average Bonchev–Trinajstić information content (AvgIpc) is 3.31. The molecular formula is C33H36F3N3O2. The van der Waals surface area contributed by atoms with Crippen molar-refractivity contribution in [2.24, 2.45) is 0 Å². The third kappa shape index (κ3) is 6.42. The van der Waals surface area contributed by atoms with Crippen LogP contribution >= 0.6 is 0 Å². The Morgan fingerprint density at radius 2 is 1.61 bits per heavy atom. The first kappa shape index (κ1) is 28.7. The molecule has 0 saturated carbocycles. The van der Waals surface area contributed by atoms with Crippen LogP contribution in [0.15, 0.2) is 66.7 Å². The highest BCUT2D eigenvalue weighted by atomic mass is 19.4. The van der Waals surface area contributed by atoms with Crippen LogP contribution in [0, 0.1) is 0 Å². The van der Waals surface area contributed by atoms with Crippen molar-refractivity contribution in [3.05, 3.63) is 89.0 Å². The SMILES string of the molecule is CCCCCc1c(N2CCC(NC(=O)c3ccccc3)CC2)ccc2c1C(C(=O)NCC(F)(F)F)c1ccccc1-2. The van der Waals surface area contributed by atoms with E-state index in [-0.39, 0.29) is 11.9 Å². The summed E-state index contributed by atoms with van der Waals surface area (Å²) in [6.07, 6.45) is 0.800. The van der Waals surface area contributed by atoms with E-state index in [2.05, 4.69) is 28.5 Å². The number of alkyl halides is 3. The predicted molar refractivity (Wildman–Crippen MR) is 155 cm³/mol. The Balaban J connectivity index is 1.43. The molecule has 8 heteroatoms. The summed E-state index contributed by atoms with van der Waals surface area (Å²) in [7, 11) is 0. The Hall–Kier alpha value is -3.81. The van der Waals surface area contributed by atoms with Crippen LogP contribution in [0.1, 0.15) is 72.0 Å². The monoisotopic (exact) mass is 563 g/mol. The molecule has 2 amide bonds. The lowest BCUT2D eigenvalue weighted by Crippen LogP contribution is -2.45. The summed E-state index contributed by atoms with van der Waals surface area (Å²) in [6, 6.07) is 20.9. The Morgan fingerprint density at radius 3 is 2.32 bits per heavy atom. The van der Waals surface area contributed by atoms with Gasteiger partial charge in [0.15, 0.2) is 0 Å². The van der Waals surface area contributed by atoms with Crippen LogP contribution in [0.5, 0.6) is 0 Å². The van der Waals surface area contributed by atoms with Gasteiger partial charge in [-0.1, -0.05) is 68.3 Å². The molecule has 1 heterocycles. The molecule has 1 saturated heterocycles. The number of piperidine rings is 1. The van der Waals surface area contributed by atoms with E-state index in [1.807, 2.05) is 48.5 Å². The first-order valence-corrected chi connectivity index (χ1v) is 14.5. The molecule has 3 aromatic carbocycles. The van der Waals surface area contributed by atoms with Gasteiger partial charge in [-0.2, -0.15) is 13.2 Å². The highest BCUT2D eigenvalue weighted by molar-refractivity contribution is 5.98. The number of nitrogens with one attached hydrogen (secondary N) is 2. The molecule has 1 atom stereocenters. The number of benzene rings is 3. The van der Waals surface area contributed by atoms with Crippen molar-refractivity contribution in [1.29, 1.82) is 0 Å². The van der Waals surface area contributed by atoms with Crippen molar-refractivity contribution >= 4 is 17.5 Å². The first-order valence-electron chi connectivity index (χ1n) is 14.5. The molecular weight excluding hydrogens is 527 g/mol. The van der Waals surface area contributed by atoms with Gasteiger partial charge in [-0.3, -0.25) is 9.59 Å². The molecule has 5 nitrogen and oxygen atoms in total. The number of rotatable bonds is 9. The third-order valence-electron chi connectivity index (χ3n) is 8.15. The molecule has 1 aliphatic carbocycles. The number of nitrogens with zero attached hydrogens (tertiary/aromatic N) is 1. The summed E-state index contributed by atoms with van der Waals surface area (Å²) in [4.78, 5) is 28.4. The number of halogens is 3. The van der Waals surface area contributed by atoms with Crippen molar-refractivity contribution in [3.8, 4) is 11.1 Å². The summed E-state index contributed by atoms with van der Waals surface area (Å²) in [5, 5.41) is 5.31. The van der Waals surface area contributed by atoms with Crippen LogP contribution < -0.4 is 15.5 Å². The molecule has 41 heavy (non-hydrogen) atoms. The summed E-state index contributed by atoms with van der Waals surface area (Å²) in [5.41, 5.74) is 6.13. The molecule has 3 aromatic rings. The van der Waals surface area contributed by atoms with Crippen LogP contribution in [0.2, 0.25) is 0 Å². The molecule has 2 N–H and O–H groups in total. The summed E-state index contributed by atoms with van der Waals surface area (Å²) in [5.74, 6) is -1.49. The molecule has 1 fully saturated rings. The molecule has 216 valence electrons. The van der Waals surface area contributed by atoms with Gasteiger partial charge in [-0.05, 0) is 71.7 Å². The number of carbonyl (C=O) groups excluding carboxylic acids is 2. The fraction of sp³-hybridized carbons (Fsp3) is 0.394. The van der Waals surface area contributed by atoms with Crippen molar-refractivity contribution in [2.45, 2.75) is 63.6 Å². The van der Waals surface area contributed by atoms with E-state index in [1.54, 1.807) is 12.1 Å². The van der Waals surface area contributed by atoms with Gasteiger partial charge in [0.25, 0.3) is 5.91 Å². The second-order valence-corrected chi connectivity index (χ2v) is 10.9. The Morgan fingerprint density at radius 1 is 0.902 bits per heavy atom. The minimum Gasteiger partial charge on any atom is -0.371 e. The van der Waals surface area contributed by atoms with E-state index in [4.69, 9.17) is 0 Å². The van der Waals surface area contributed by atoms with Crippen molar-refractivity contribution in [2.75, 3.05) is 24.5 Å². The quantitative estimate of drug-likeness (QED) is 0.288. The standard InChI is InChI=1S/C33H36F3N3O2/c1-2-3-5-14-27-28(39-19-17-23(18-20-39)38-31(40)22-10-6-4-7-11-22)16-15-26-24-12-8-9-13-25(24)30(29(26)27)32(41)37-21-33(34,35)36/h4,6-13,15-16,23,30H,2-3,5,14,17-21H2,1H3,(H,37,41)(H,38,40). The number of hydrogen-bond donors (Lipinski definition) is 2. The normalized spacial score (nSPS) is 16.7. The zero-order valence-electron chi connectivity index (χ0n) is 23.3. The van der Waals surface area contributed by atoms with Crippen molar-refractivity contribution in [1.82, 2.24) is 10.6 Å². The minimum atomic E-state index is -4.48. The minimum absolute atomic E-state index is 0.0575. The summed E-state index contributed by atoms with van der Waals surface area (Å²) >= 11 is 0. The Labute approximate surface area is 239 Å². The molecule has 2 aliphatic rings. The summed E-state index contributed by atoms with van der Waals surface area (Å²) < 4.78 is 39.1. The van der Waals surface area contributed by atoms with Gasteiger partial charge < -0.3 is 15.5 Å². The van der Waals surface area contributed by atoms with Gasteiger partial charge in [-0.15, -0.1) is 0 Å². The maximum atomic E-state index is 13.4. The zero-order chi connectivity index (χ0) is 29.0. The van der Waals surface area contributed by atoms with Crippen molar-refractivity contribution < 1.29 is 22.8 Å². The number of unbranched alkanes of at least 4 members (excludes halogenated alkanes) is 2. The van der Waals surface area contributed by atoms with E-state index >= 15 is 0 Å². The maximum Gasteiger partial charge on any atom is 0.405 e. The second kappa shape index (κ2) is 12.4. The molecule has 0 bridgehead atoms. The number of fused-ring (bicyclic) bond motifs is 3. The van der Waals surface area contributed by atoms with E-state index in [9.17, 15) is 22.8 Å². The van der Waals surface area contributed by atoms with Gasteiger partial charge in [-0.25, -0.2) is 0 Å². The van der Waals surface area contributed by atoms with E-state index in [0.717, 1.165) is 85.1 Å². The highest BCUT2D eigenvalue weighted by Gasteiger charge is 2.39. The van der Waals surface area contributed by atoms with Gasteiger partial charge in [0.1, 0.15) is 6.54 Å². The lowest BCUT2D eigenvalue weighted by atomic mass is 9.88. The van der Waals surface area contributed by atoms with Crippen LogP contribution in [0.3, 0.4) is 0 Å². The molecule has 0 radical (unpaired) electrons. The van der Waals surface area contributed by atoms with Gasteiger partial charge in [0.2, 0.25) is 5.91 Å². The fourth-order valence-electron chi connectivity index (χ4n) is 6.16. The molecule has 1 aliphatic heterocycles. The number of amides is 2. The van der Waals surface area contributed by atoms with Crippen LogP contribution in [0.4, 0.5) is 18.9 Å². The largest absolute Gasteiger partial charge is 0.405 e. The topological polar surface area (TPSA) is 61.4 Å². The van der Waals surface area contributed by atoms with E-state index < -0.39 is 24.5 Å². The lowest BCUT2D eigenvalue weighted by Gasteiger charge is -2.36. The van der Waals surface area contributed by atoms with Gasteiger partial charge in [0.05, 0.1) is 5.92 Å². The lowest BCUT2D eigenvalue weighted by molar-refractivity contribution is -0.138. The van der Waals surface area contributed by atoms with Crippen LogP contribution in [0.25, 0.3) is 11.1 Å². The predicted octanol–water partition coefficient (Wildman–Crippen LogP) is 6.61. The van der Waals surface area contributed by atoms with E-state index in [0.29, 0.717) is 5.56 Å². The third-order valence-corrected chi connectivity index (χ3v) is 8.15.